The minimum atomic E-state index is -0.502. The average molecular weight is 278 g/mol. The highest BCUT2D eigenvalue weighted by atomic mass is 79.9. The molecule has 0 aliphatic rings. The van der Waals surface area contributed by atoms with Crippen LogP contribution in [0.15, 0.2) is 10.5 Å². The summed E-state index contributed by atoms with van der Waals surface area (Å²) in [5.74, 6) is -0.161. The van der Waals surface area contributed by atoms with Gasteiger partial charge in [0.15, 0.2) is 11.5 Å². The maximum Gasteiger partial charge on any atom is 0.208 e. The van der Waals surface area contributed by atoms with Gasteiger partial charge in [0.05, 0.1) is 18.7 Å². The Bertz CT molecular complexity index is 358. The number of ether oxygens (including phenoxy) is 2. The Morgan fingerprint density at radius 1 is 1.33 bits per heavy atom. The number of methoxy groups -OCH3 is 2. The van der Waals surface area contributed by atoms with Crippen LogP contribution in [-0.4, -0.2) is 20.8 Å². The van der Waals surface area contributed by atoms with Crippen LogP contribution >= 0.6 is 15.9 Å². The maximum atomic E-state index is 13.8. The Morgan fingerprint density at radius 2 is 1.93 bits per heavy atom. The zero-order chi connectivity index (χ0) is 11.4. The molecule has 0 spiro atoms. The lowest BCUT2D eigenvalue weighted by Gasteiger charge is -2.13. The number of rotatable bonds is 4. The van der Waals surface area contributed by atoms with E-state index in [0.29, 0.717) is 17.4 Å². The Morgan fingerprint density at radius 3 is 2.40 bits per heavy atom. The first-order valence-corrected chi connectivity index (χ1v) is 5.23. The SMILES string of the molecule is COc1c(Br)cc(CCN)c(OC)c1F. The lowest BCUT2D eigenvalue weighted by molar-refractivity contribution is 0.345. The highest BCUT2D eigenvalue weighted by molar-refractivity contribution is 9.10. The van der Waals surface area contributed by atoms with Gasteiger partial charge in [-0.2, -0.15) is 4.39 Å². The Labute approximate surface area is 96.5 Å². The summed E-state index contributed by atoms with van der Waals surface area (Å²) in [7, 11) is 2.83. The van der Waals surface area contributed by atoms with Crippen molar-refractivity contribution in [3.8, 4) is 11.5 Å². The van der Waals surface area contributed by atoms with Gasteiger partial charge in [0, 0.05) is 0 Å². The summed E-state index contributed by atoms with van der Waals surface area (Å²) in [6.45, 7) is 0.439. The second-order valence-corrected chi connectivity index (χ2v) is 3.79. The van der Waals surface area contributed by atoms with E-state index in [1.807, 2.05) is 0 Å². The van der Waals surface area contributed by atoms with Gasteiger partial charge in [-0.25, -0.2) is 0 Å². The number of hydrogen-bond acceptors (Lipinski definition) is 3. The quantitative estimate of drug-likeness (QED) is 0.917. The van der Waals surface area contributed by atoms with E-state index >= 15 is 0 Å². The molecule has 0 unspecified atom stereocenters. The summed E-state index contributed by atoms with van der Waals surface area (Å²) >= 11 is 3.23. The number of benzene rings is 1. The zero-order valence-electron chi connectivity index (χ0n) is 8.64. The van der Waals surface area contributed by atoms with Crippen molar-refractivity contribution in [2.75, 3.05) is 20.8 Å². The standard InChI is InChI=1S/C10H13BrFNO2/c1-14-9-6(3-4-13)5-7(11)10(15-2)8(9)12/h5H,3-4,13H2,1-2H3. The van der Waals surface area contributed by atoms with Crippen LogP contribution in [0.4, 0.5) is 4.39 Å². The van der Waals surface area contributed by atoms with E-state index in [2.05, 4.69) is 15.9 Å². The van der Waals surface area contributed by atoms with E-state index in [0.717, 1.165) is 5.56 Å². The summed E-state index contributed by atoms with van der Waals surface area (Å²) in [6.07, 6.45) is 0.558. The molecular formula is C10H13BrFNO2. The summed E-state index contributed by atoms with van der Waals surface area (Å²) in [6, 6.07) is 1.76. The molecule has 0 radical (unpaired) electrons. The van der Waals surface area contributed by atoms with Crippen molar-refractivity contribution in [3.63, 3.8) is 0 Å². The molecule has 0 aliphatic carbocycles. The molecule has 15 heavy (non-hydrogen) atoms. The minimum absolute atomic E-state index is 0.146. The lowest BCUT2D eigenvalue weighted by atomic mass is 10.1. The number of halogens is 2. The molecule has 1 aromatic rings. The van der Waals surface area contributed by atoms with Gasteiger partial charge in [-0.05, 0) is 40.5 Å². The van der Waals surface area contributed by atoms with Crippen LogP contribution in [0.5, 0.6) is 11.5 Å². The Balaban J connectivity index is 3.30. The summed E-state index contributed by atoms with van der Waals surface area (Å²) in [4.78, 5) is 0. The molecule has 0 atom stereocenters. The molecule has 84 valence electrons. The number of nitrogens with two attached hydrogens (primary N) is 1. The summed E-state index contributed by atoms with van der Waals surface area (Å²) in [5.41, 5.74) is 6.16. The first-order valence-electron chi connectivity index (χ1n) is 4.44. The fourth-order valence-corrected chi connectivity index (χ4v) is 1.99. The molecule has 2 N–H and O–H groups in total. The van der Waals surface area contributed by atoms with E-state index in [4.69, 9.17) is 15.2 Å². The van der Waals surface area contributed by atoms with E-state index < -0.39 is 5.82 Å². The van der Waals surface area contributed by atoms with Gasteiger partial charge in [0.1, 0.15) is 0 Å². The maximum absolute atomic E-state index is 13.8. The predicted octanol–water partition coefficient (Wildman–Crippen LogP) is 2.11. The molecule has 0 heterocycles. The fourth-order valence-electron chi connectivity index (χ4n) is 1.38. The van der Waals surface area contributed by atoms with Crippen LogP contribution < -0.4 is 15.2 Å². The summed E-state index contributed by atoms with van der Waals surface area (Å²) < 4.78 is 24.3. The van der Waals surface area contributed by atoms with Crippen molar-refractivity contribution in [2.45, 2.75) is 6.42 Å². The van der Waals surface area contributed by atoms with Crippen molar-refractivity contribution in [3.05, 3.63) is 21.9 Å². The van der Waals surface area contributed by atoms with Gasteiger partial charge in [0.2, 0.25) is 5.82 Å². The molecule has 0 fully saturated rings. The third kappa shape index (κ3) is 2.41. The molecule has 1 rings (SSSR count). The van der Waals surface area contributed by atoms with E-state index in [1.54, 1.807) is 6.07 Å². The molecule has 0 saturated heterocycles. The van der Waals surface area contributed by atoms with Gasteiger partial charge in [0.25, 0.3) is 0 Å². The molecule has 5 heteroatoms. The largest absolute Gasteiger partial charge is 0.493 e. The predicted molar refractivity (Wildman–Crippen MR) is 60.0 cm³/mol. The Hall–Kier alpha value is -0.810. The van der Waals surface area contributed by atoms with Gasteiger partial charge in [-0.3, -0.25) is 0 Å². The van der Waals surface area contributed by atoms with Crippen molar-refractivity contribution in [2.24, 2.45) is 5.73 Å². The molecule has 3 nitrogen and oxygen atoms in total. The highest BCUT2D eigenvalue weighted by Crippen LogP contribution is 2.37. The van der Waals surface area contributed by atoms with Gasteiger partial charge >= 0.3 is 0 Å². The van der Waals surface area contributed by atoms with Crippen LogP contribution in [0.3, 0.4) is 0 Å². The molecule has 0 bridgehead atoms. The molecule has 0 aromatic heterocycles. The normalized spacial score (nSPS) is 10.2. The van der Waals surface area contributed by atoms with E-state index in [1.165, 1.54) is 14.2 Å². The third-order valence-electron chi connectivity index (χ3n) is 2.03. The van der Waals surface area contributed by atoms with Crippen LogP contribution in [0.2, 0.25) is 0 Å². The van der Waals surface area contributed by atoms with Gasteiger partial charge < -0.3 is 15.2 Å². The van der Waals surface area contributed by atoms with Gasteiger partial charge in [-0.1, -0.05) is 0 Å². The number of hydrogen-bond donors (Lipinski definition) is 1. The lowest BCUT2D eigenvalue weighted by Crippen LogP contribution is -2.06. The van der Waals surface area contributed by atoms with Crippen molar-refractivity contribution in [1.82, 2.24) is 0 Å². The van der Waals surface area contributed by atoms with Crippen LogP contribution in [0.25, 0.3) is 0 Å². The van der Waals surface area contributed by atoms with Crippen molar-refractivity contribution >= 4 is 15.9 Å². The van der Waals surface area contributed by atoms with Gasteiger partial charge in [-0.15, -0.1) is 0 Å². The monoisotopic (exact) mass is 277 g/mol. The smallest absolute Gasteiger partial charge is 0.208 e. The molecule has 1 aromatic carbocycles. The third-order valence-corrected chi connectivity index (χ3v) is 2.62. The molecule has 0 aliphatic heterocycles. The first kappa shape index (κ1) is 12.3. The van der Waals surface area contributed by atoms with Crippen LogP contribution in [0.1, 0.15) is 5.56 Å². The minimum Gasteiger partial charge on any atom is -0.493 e. The second kappa shape index (κ2) is 5.32. The average Bonchev–Trinajstić information content (AvgIpc) is 2.19. The Kier molecular flexibility index (Phi) is 4.35. The van der Waals surface area contributed by atoms with Crippen molar-refractivity contribution in [1.29, 1.82) is 0 Å². The van der Waals surface area contributed by atoms with Crippen LogP contribution in [-0.2, 0) is 6.42 Å². The second-order valence-electron chi connectivity index (χ2n) is 2.94. The van der Waals surface area contributed by atoms with E-state index in [9.17, 15) is 4.39 Å². The van der Waals surface area contributed by atoms with Crippen LogP contribution in [0, 0.1) is 5.82 Å². The molecule has 0 amide bonds. The van der Waals surface area contributed by atoms with E-state index in [-0.39, 0.29) is 11.5 Å². The first-order chi connectivity index (χ1) is 7.15. The zero-order valence-corrected chi connectivity index (χ0v) is 10.2. The molecular weight excluding hydrogens is 265 g/mol. The fraction of sp³-hybridized carbons (Fsp3) is 0.400. The molecule has 0 saturated carbocycles. The topological polar surface area (TPSA) is 44.5 Å². The highest BCUT2D eigenvalue weighted by Gasteiger charge is 2.17. The van der Waals surface area contributed by atoms with Crippen molar-refractivity contribution < 1.29 is 13.9 Å². The summed E-state index contributed by atoms with van der Waals surface area (Å²) in [5, 5.41) is 0.